The van der Waals surface area contributed by atoms with Gasteiger partial charge in [-0.15, -0.1) is 0 Å². The van der Waals surface area contributed by atoms with Crippen molar-refractivity contribution < 1.29 is 22.7 Å². The molecule has 0 aliphatic heterocycles. The van der Waals surface area contributed by atoms with Gasteiger partial charge in [0.1, 0.15) is 5.75 Å². The lowest BCUT2D eigenvalue weighted by atomic mass is 9.98. The van der Waals surface area contributed by atoms with E-state index >= 15 is 0 Å². The predicted octanol–water partition coefficient (Wildman–Crippen LogP) is 3.88. The third-order valence-electron chi connectivity index (χ3n) is 3.15. The molecule has 3 nitrogen and oxygen atoms in total. The van der Waals surface area contributed by atoms with Gasteiger partial charge >= 0.3 is 11.9 Å². The fraction of sp³-hybridized carbons (Fsp3) is 0.250. The number of hydrogen-bond acceptors (Lipinski definition) is 3. The van der Waals surface area contributed by atoms with Gasteiger partial charge in [-0.05, 0) is 48.2 Å². The molecule has 0 saturated carbocycles. The molecule has 0 fully saturated rings. The van der Waals surface area contributed by atoms with Crippen molar-refractivity contribution in [1.82, 2.24) is 4.98 Å². The zero-order valence-electron chi connectivity index (χ0n) is 12.1. The van der Waals surface area contributed by atoms with Crippen molar-refractivity contribution in [2.24, 2.45) is 0 Å². The van der Waals surface area contributed by atoms with E-state index in [-0.39, 0.29) is 5.75 Å². The second-order valence-electron chi connectivity index (χ2n) is 4.90. The number of benzene rings is 1. The first kappa shape index (κ1) is 16.0. The highest BCUT2D eigenvalue weighted by Gasteiger charge is 2.41. The fourth-order valence-corrected chi connectivity index (χ4v) is 2.08. The Morgan fingerprint density at radius 1 is 1.14 bits per heavy atom. The van der Waals surface area contributed by atoms with Gasteiger partial charge in [0.15, 0.2) is 6.67 Å². The standard InChI is InChI=1S/C16H14F3NO2/c1-10-7-20-8-11(2)14(10)12-3-5-13(6-4-12)22-15(21)16(18,19)9-17/h3-8H,9H2,1-2H3. The molecular weight excluding hydrogens is 295 g/mol. The fourth-order valence-electron chi connectivity index (χ4n) is 2.08. The van der Waals surface area contributed by atoms with Gasteiger partial charge < -0.3 is 4.74 Å². The molecule has 0 atom stereocenters. The molecule has 0 unspecified atom stereocenters. The molecule has 0 spiro atoms. The Labute approximate surface area is 125 Å². The molecule has 2 rings (SSSR count). The van der Waals surface area contributed by atoms with Crippen LogP contribution >= 0.6 is 0 Å². The second-order valence-corrected chi connectivity index (χ2v) is 4.90. The van der Waals surface area contributed by atoms with Crippen molar-refractivity contribution in [3.8, 4) is 16.9 Å². The van der Waals surface area contributed by atoms with Crippen molar-refractivity contribution in [3.63, 3.8) is 0 Å². The van der Waals surface area contributed by atoms with Crippen molar-refractivity contribution in [2.45, 2.75) is 19.8 Å². The molecule has 116 valence electrons. The van der Waals surface area contributed by atoms with Crippen LogP contribution in [-0.4, -0.2) is 23.6 Å². The minimum atomic E-state index is -4.13. The van der Waals surface area contributed by atoms with Crippen LogP contribution in [0.1, 0.15) is 11.1 Å². The highest BCUT2D eigenvalue weighted by atomic mass is 19.3. The van der Waals surface area contributed by atoms with Gasteiger partial charge in [0, 0.05) is 12.4 Å². The maximum Gasteiger partial charge on any atom is 0.385 e. The molecule has 6 heteroatoms. The molecular formula is C16H14F3NO2. The Hall–Kier alpha value is -2.37. The Morgan fingerprint density at radius 3 is 2.18 bits per heavy atom. The minimum Gasteiger partial charge on any atom is -0.422 e. The Kier molecular flexibility index (Phi) is 4.49. The van der Waals surface area contributed by atoms with Crippen LogP contribution in [-0.2, 0) is 4.79 Å². The predicted molar refractivity (Wildman–Crippen MR) is 75.7 cm³/mol. The van der Waals surface area contributed by atoms with Crippen molar-refractivity contribution in [1.29, 1.82) is 0 Å². The highest BCUT2D eigenvalue weighted by Crippen LogP contribution is 2.28. The quantitative estimate of drug-likeness (QED) is 0.635. The molecule has 1 aromatic carbocycles. The van der Waals surface area contributed by atoms with Crippen LogP contribution in [0.2, 0.25) is 0 Å². The van der Waals surface area contributed by atoms with Gasteiger partial charge in [0.05, 0.1) is 0 Å². The van der Waals surface area contributed by atoms with E-state index in [1.165, 1.54) is 12.1 Å². The lowest BCUT2D eigenvalue weighted by Gasteiger charge is -2.12. The van der Waals surface area contributed by atoms with Gasteiger partial charge in [-0.1, -0.05) is 12.1 Å². The Morgan fingerprint density at radius 2 is 1.68 bits per heavy atom. The molecule has 0 bridgehead atoms. The molecule has 0 aliphatic carbocycles. The van der Waals surface area contributed by atoms with Gasteiger partial charge in [-0.2, -0.15) is 8.78 Å². The first-order valence-electron chi connectivity index (χ1n) is 6.53. The molecule has 0 radical (unpaired) electrons. The van der Waals surface area contributed by atoms with Crippen LogP contribution in [0.25, 0.3) is 11.1 Å². The van der Waals surface area contributed by atoms with Crippen molar-refractivity contribution in [3.05, 3.63) is 47.8 Å². The summed E-state index contributed by atoms with van der Waals surface area (Å²) in [7, 11) is 0. The van der Waals surface area contributed by atoms with Gasteiger partial charge in [0.25, 0.3) is 0 Å². The van der Waals surface area contributed by atoms with Gasteiger partial charge in [-0.25, -0.2) is 9.18 Å². The number of esters is 1. The smallest absolute Gasteiger partial charge is 0.385 e. The Bertz CT molecular complexity index is 664. The van der Waals surface area contributed by atoms with Crippen LogP contribution in [0.3, 0.4) is 0 Å². The van der Waals surface area contributed by atoms with E-state index in [1.807, 2.05) is 13.8 Å². The summed E-state index contributed by atoms with van der Waals surface area (Å²) in [6.07, 6.45) is 3.44. The maximum atomic E-state index is 12.8. The molecule has 0 saturated heterocycles. The summed E-state index contributed by atoms with van der Waals surface area (Å²) in [5, 5.41) is 0. The van der Waals surface area contributed by atoms with E-state index in [9.17, 15) is 18.0 Å². The topological polar surface area (TPSA) is 39.2 Å². The number of alkyl halides is 3. The normalized spacial score (nSPS) is 11.3. The molecule has 0 amide bonds. The number of aryl methyl sites for hydroxylation is 2. The van der Waals surface area contributed by atoms with E-state index in [0.717, 1.165) is 22.3 Å². The summed E-state index contributed by atoms with van der Waals surface area (Å²) in [4.78, 5) is 15.2. The first-order valence-corrected chi connectivity index (χ1v) is 6.53. The molecule has 2 aromatic rings. The van der Waals surface area contributed by atoms with Crippen LogP contribution < -0.4 is 4.74 Å². The number of carbonyl (C=O) groups excluding carboxylic acids is 1. The maximum absolute atomic E-state index is 12.8. The summed E-state index contributed by atoms with van der Waals surface area (Å²) in [6, 6.07) is 6.07. The molecule has 0 aliphatic rings. The van der Waals surface area contributed by atoms with E-state index in [0.29, 0.717) is 0 Å². The van der Waals surface area contributed by atoms with Crippen LogP contribution in [0.5, 0.6) is 5.75 Å². The van der Waals surface area contributed by atoms with E-state index in [2.05, 4.69) is 9.72 Å². The van der Waals surface area contributed by atoms with Crippen LogP contribution in [0.15, 0.2) is 36.7 Å². The SMILES string of the molecule is Cc1cncc(C)c1-c1ccc(OC(=O)C(F)(F)CF)cc1. The molecule has 0 N–H and O–H groups in total. The number of pyridine rings is 1. The number of nitrogens with zero attached hydrogens (tertiary/aromatic N) is 1. The third-order valence-corrected chi connectivity index (χ3v) is 3.15. The van der Waals surface area contributed by atoms with Gasteiger partial charge in [0.2, 0.25) is 0 Å². The Balaban J connectivity index is 2.23. The van der Waals surface area contributed by atoms with E-state index in [1.54, 1.807) is 24.5 Å². The largest absolute Gasteiger partial charge is 0.422 e. The number of ether oxygens (including phenoxy) is 1. The third kappa shape index (κ3) is 3.27. The zero-order valence-corrected chi connectivity index (χ0v) is 12.1. The van der Waals surface area contributed by atoms with E-state index in [4.69, 9.17) is 0 Å². The summed E-state index contributed by atoms with van der Waals surface area (Å²) >= 11 is 0. The van der Waals surface area contributed by atoms with E-state index < -0.39 is 18.6 Å². The van der Waals surface area contributed by atoms with Crippen LogP contribution in [0.4, 0.5) is 13.2 Å². The van der Waals surface area contributed by atoms with Gasteiger partial charge in [-0.3, -0.25) is 4.98 Å². The summed E-state index contributed by atoms with van der Waals surface area (Å²) in [5.74, 6) is -6.10. The molecule has 22 heavy (non-hydrogen) atoms. The average Bonchev–Trinajstić information content (AvgIpc) is 2.48. The molecule has 1 aromatic heterocycles. The lowest BCUT2D eigenvalue weighted by molar-refractivity contribution is -0.163. The number of hydrogen-bond donors (Lipinski definition) is 0. The highest BCUT2D eigenvalue weighted by molar-refractivity contribution is 5.80. The summed E-state index contributed by atoms with van der Waals surface area (Å²) in [5.41, 5.74) is 3.75. The average molecular weight is 309 g/mol. The summed E-state index contributed by atoms with van der Waals surface area (Å²) < 4.78 is 42.2. The first-order chi connectivity index (χ1) is 10.3. The second kappa shape index (κ2) is 6.17. The zero-order chi connectivity index (χ0) is 16.3. The monoisotopic (exact) mass is 309 g/mol. The number of aromatic nitrogens is 1. The lowest BCUT2D eigenvalue weighted by Crippen LogP contribution is -2.35. The summed E-state index contributed by atoms with van der Waals surface area (Å²) in [6.45, 7) is 1.73. The number of carbonyl (C=O) groups is 1. The molecule has 1 heterocycles. The van der Waals surface area contributed by atoms with Crippen molar-refractivity contribution >= 4 is 5.97 Å². The minimum absolute atomic E-state index is 0.0637. The van der Waals surface area contributed by atoms with Crippen molar-refractivity contribution in [2.75, 3.05) is 6.67 Å². The number of rotatable bonds is 4. The van der Waals surface area contributed by atoms with Crippen LogP contribution in [0, 0.1) is 13.8 Å². The number of halogens is 3.